The fourth-order valence-corrected chi connectivity index (χ4v) is 14.5. The molecule has 22 heterocycles. The third kappa shape index (κ3) is 15.1. The van der Waals surface area contributed by atoms with Crippen LogP contribution < -0.4 is 10.6 Å². The summed E-state index contributed by atoms with van der Waals surface area (Å²) in [5.74, 6) is -1.56. The molecule has 2 aromatic carbocycles. The van der Waals surface area contributed by atoms with Gasteiger partial charge in [-0.2, -0.15) is 0 Å². The van der Waals surface area contributed by atoms with Crippen molar-refractivity contribution in [2.45, 2.75) is 225 Å². The van der Waals surface area contributed by atoms with Crippen LogP contribution in [0.1, 0.15) is 20.7 Å². The molecule has 0 aliphatic carbocycles. The maximum absolute atomic E-state index is 14.1. The van der Waals surface area contributed by atoms with Crippen LogP contribution in [-0.4, -0.2) is 370 Å². The molecule has 0 saturated carbocycles. The summed E-state index contributed by atoms with van der Waals surface area (Å²) in [5.41, 5.74) is 0.0854. The Bertz CT molecular complexity index is 2860. The lowest BCUT2D eigenvalue weighted by atomic mass is 9.95. The van der Waals surface area contributed by atoms with E-state index in [4.69, 9.17) is 66.3 Å². The molecule has 21 N–H and O–H groups in total. The first kappa shape index (κ1) is 73.0. The average Bonchev–Trinajstić information content (AvgIpc) is 0.787. The second kappa shape index (κ2) is 31.3. The monoisotopic (exact) mass is 1400 g/mol. The van der Waals surface area contributed by atoms with E-state index in [-0.39, 0.29) is 11.1 Å². The zero-order chi connectivity index (χ0) is 68.0. The molecule has 0 unspecified atom stereocenters. The second-order valence-electron chi connectivity index (χ2n) is 23.9. The van der Waals surface area contributed by atoms with Gasteiger partial charge in [0.15, 0.2) is 44.0 Å². The molecule has 20 bridgehead atoms. The SMILES string of the molecule is O=C1NC[C@H]2O[C@@H]3O[C@H]4[C@H](O)[C@@H](O)[C@@H](O[C@H]5[C@H](O)[C@@H](O)[C@@H](O[C@H]6[C@H](O)[C@@H](O)[C@@H](O[C@H]7[C@H](O)[C@@H](O)[C@@H](O[C@H]8[C@H](O)[C@@H](O)[C@@H](O[C@H]9[C@H](O)[C@@H](O)[C@@H](O[C@H]2[C@H](O)[C@H]3O)O[C@@H]9CO)O[C@@H]8CO)O[C@@H]7CO)O[C@@H]6CNC(=O)c2cccc(c2)SSc2cccc1c2)O[C@@H]5CO)O[C@@H]4CO. The molecule has 0 aromatic heterocycles. The predicted octanol–water partition coefficient (Wildman–Crippen LogP) is -11.2. The minimum absolute atomic E-state index is 0.0408. The van der Waals surface area contributed by atoms with Crippen LogP contribution in [0.2, 0.25) is 0 Å². The van der Waals surface area contributed by atoms with Gasteiger partial charge in [0.2, 0.25) is 0 Å². The molecule has 534 valence electrons. The van der Waals surface area contributed by atoms with Gasteiger partial charge in [-0.25, -0.2) is 0 Å². The molecule has 37 nitrogen and oxygen atoms in total. The molecule has 0 spiro atoms. The second-order valence-corrected chi connectivity index (χ2v) is 26.2. The van der Waals surface area contributed by atoms with Gasteiger partial charge in [-0.15, -0.1) is 0 Å². The minimum atomic E-state index is -2.28. The highest BCUT2D eigenvalue weighted by Crippen LogP contribution is 2.41. The van der Waals surface area contributed by atoms with Gasteiger partial charge in [-0.1, -0.05) is 33.7 Å². The van der Waals surface area contributed by atoms with Crippen LogP contribution >= 0.6 is 21.6 Å². The number of benzene rings is 2. The first-order valence-electron chi connectivity index (χ1n) is 30.3. The fraction of sp³-hybridized carbons (Fsp3) is 0.750. The smallest absolute Gasteiger partial charge is 0.251 e. The topological polar surface area (TPSA) is 572 Å². The van der Waals surface area contributed by atoms with Crippen molar-refractivity contribution < 1.29 is 173 Å². The van der Waals surface area contributed by atoms with Crippen molar-refractivity contribution in [1.29, 1.82) is 0 Å². The van der Waals surface area contributed by atoms with Crippen molar-refractivity contribution in [2.75, 3.05) is 46.1 Å². The van der Waals surface area contributed by atoms with Gasteiger partial charge in [-0.3, -0.25) is 9.59 Å². The lowest BCUT2D eigenvalue weighted by Gasteiger charge is -2.50. The minimum Gasteiger partial charge on any atom is -0.394 e. The van der Waals surface area contributed by atoms with Crippen LogP contribution in [-0.2, 0) is 66.3 Å². The molecule has 2 aromatic rings. The number of ether oxygens (including phenoxy) is 14. The van der Waals surface area contributed by atoms with Gasteiger partial charge < -0.3 is 174 Å². The maximum atomic E-state index is 14.1. The number of hydrogen-bond donors (Lipinski definition) is 21. The van der Waals surface area contributed by atoms with Crippen molar-refractivity contribution in [3.05, 3.63) is 59.7 Å². The quantitative estimate of drug-likeness (QED) is 0.124. The lowest BCUT2D eigenvalue weighted by molar-refractivity contribution is -0.395. The summed E-state index contributed by atoms with van der Waals surface area (Å²) in [6, 6.07) is 12.3. The molecule has 15 fully saturated rings. The Morgan fingerprint density at radius 1 is 0.305 bits per heavy atom. The molecule has 35 atom stereocenters. The number of amides is 2. The molecule has 15 saturated heterocycles. The first-order chi connectivity index (χ1) is 45.5. The van der Waals surface area contributed by atoms with Gasteiger partial charge in [0.1, 0.15) is 171 Å². The third-order valence-electron chi connectivity index (χ3n) is 17.8. The highest BCUT2D eigenvalue weighted by molar-refractivity contribution is 8.76. The molecule has 0 radical (unpaired) electrons. The fourth-order valence-electron chi connectivity index (χ4n) is 12.5. The van der Waals surface area contributed by atoms with Crippen molar-refractivity contribution in [3.8, 4) is 0 Å². The summed E-state index contributed by atoms with van der Waals surface area (Å²) < 4.78 is 83.0. The zero-order valence-corrected chi connectivity index (χ0v) is 51.3. The Labute approximate surface area is 545 Å². The van der Waals surface area contributed by atoms with Crippen LogP contribution in [0.25, 0.3) is 0 Å². The highest BCUT2D eigenvalue weighted by atomic mass is 33.1. The van der Waals surface area contributed by atoms with Crippen LogP contribution in [0.4, 0.5) is 0 Å². The van der Waals surface area contributed by atoms with Gasteiger partial charge in [0.25, 0.3) is 11.8 Å². The van der Waals surface area contributed by atoms with E-state index >= 15 is 0 Å². The van der Waals surface area contributed by atoms with Crippen LogP contribution in [0.3, 0.4) is 0 Å². The van der Waals surface area contributed by atoms with E-state index < -0.39 is 273 Å². The van der Waals surface area contributed by atoms with Crippen molar-refractivity contribution >= 4 is 33.4 Å². The van der Waals surface area contributed by atoms with Crippen molar-refractivity contribution in [1.82, 2.24) is 10.6 Å². The van der Waals surface area contributed by atoms with E-state index in [9.17, 15) is 107 Å². The average molecular weight is 1400 g/mol. The number of rotatable bonds is 5. The van der Waals surface area contributed by atoms with Crippen LogP contribution in [0.5, 0.6) is 0 Å². The van der Waals surface area contributed by atoms with E-state index in [2.05, 4.69) is 10.6 Å². The Balaban J connectivity index is 0.985. The van der Waals surface area contributed by atoms with Crippen molar-refractivity contribution in [2.24, 2.45) is 0 Å². The molecular formula is C56H78N2O35S2. The predicted molar refractivity (Wildman–Crippen MR) is 304 cm³/mol. The van der Waals surface area contributed by atoms with E-state index in [1.807, 2.05) is 0 Å². The lowest BCUT2D eigenvalue weighted by Crippen LogP contribution is -2.68. The normalized spacial score (nSPS) is 48.1. The number of carbonyl (C=O) groups excluding carboxylic acids is 2. The highest BCUT2D eigenvalue weighted by Gasteiger charge is 2.60. The number of aliphatic hydroxyl groups excluding tert-OH is 19. The number of nitrogens with one attached hydrogen (secondary N) is 2. The third-order valence-corrected chi connectivity index (χ3v) is 20.2. The molecule has 24 rings (SSSR count). The summed E-state index contributed by atoms with van der Waals surface area (Å²) in [7, 11) is 2.30. The van der Waals surface area contributed by atoms with Crippen LogP contribution in [0.15, 0.2) is 58.3 Å². The Hall–Kier alpha value is -3.24. The summed E-state index contributed by atoms with van der Waals surface area (Å²) in [4.78, 5) is 29.2. The summed E-state index contributed by atoms with van der Waals surface area (Å²) in [6.45, 7) is -6.75. The molecule has 39 heteroatoms. The molecule has 22 aliphatic rings. The molecular weight excluding hydrogens is 1320 g/mol. The number of carbonyl (C=O) groups is 2. The van der Waals surface area contributed by atoms with E-state index in [0.717, 1.165) is 21.6 Å². The molecule has 95 heavy (non-hydrogen) atoms. The van der Waals surface area contributed by atoms with E-state index in [0.29, 0.717) is 9.79 Å². The van der Waals surface area contributed by atoms with Crippen LogP contribution in [0, 0.1) is 0 Å². The van der Waals surface area contributed by atoms with Gasteiger partial charge >= 0.3 is 0 Å². The van der Waals surface area contributed by atoms with Gasteiger partial charge in [-0.05, 0) is 36.4 Å². The largest absolute Gasteiger partial charge is 0.394 e. The van der Waals surface area contributed by atoms with E-state index in [1.54, 1.807) is 24.3 Å². The zero-order valence-electron chi connectivity index (χ0n) is 49.6. The number of aliphatic hydroxyl groups is 19. The summed E-state index contributed by atoms with van der Waals surface area (Å²) in [5, 5.41) is 222. The first-order valence-corrected chi connectivity index (χ1v) is 32.5. The van der Waals surface area contributed by atoms with Crippen molar-refractivity contribution in [3.63, 3.8) is 0 Å². The standard InChI is InChI=1S/C56H78N2O35S2/c59-11-22-43-31(68)38(75)54(84-22)91-45-24(13-61)82-52(36(73)29(45)66)87-41-20-9-57-48(78)16-3-1-5-18(7-16)94-95-19-6-2-4-17(8-19)49(79)58-10-21-42(27(64)34(71)50(80-21)89-43)88-53-37(74)30(67)46(25(14-62)83-53)92-56-40(77)33(70)47(26(15-63)86-56)93-55-39(76)32(69)44(23(12-60)85-55)90-51(81-20)35(72)28(41)65/h1-8,20-47,50-56,59-77H,9-15H2,(H,57,78)(H,58,79)/t20-,21-,22-,23-,24-,25-,26-,27-,28-,29-,30-,31-,32-,33-,34-,35-,36-,37-,38-,39-,40-,41-,42-,43-,44-,45-,46-,47-,50-,51-,52-,53-,54-,55-,56-/m1/s1. The van der Waals surface area contributed by atoms with E-state index in [1.165, 1.54) is 24.3 Å². The Morgan fingerprint density at radius 3 is 0.768 bits per heavy atom. The molecule has 2 amide bonds. The summed E-state index contributed by atoms with van der Waals surface area (Å²) >= 11 is 0. The Kier molecular flexibility index (Phi) is 24.1. The molecule has 22 aliphatic heterocycles. The Morgan fingerprint density at radius 2 is 0.526 bits per heavy atom. The number of hydrogen-bond acceptors (Lipinski definition) is 37. The van der Waals surface area contributed by atoms with Gasteiger partial charge in [0, 0.05) is 34.0 Å². The summed E-state index contributed by atoms with van der Waals surface area (Å²) in [6.07, 6.45) is -72.1. The van der Waals surface area contributed by atoms with Gasteiger partial charge in [0.05, 0.1) is 33.0 Å². The maximum Gasteiger partial charge on any atom is 0.251 e.